The maximum Gasteiger partial charge on any atom is 0.0471 e. The van der Waals surface area contributed by atoms with Gasteiger partial charge in [0.05, 0.1) is 0 Å². The highest BCUT2D eigenvalue weighted by molar-refractivity contribution is 6.27. The maximum absolute atomic E-state index is 3.59. The molecule has 0 amide bonds. The lowest BCUT2D eigenvalue weighted by Gasteiger charge is -2.05. The van der Waals surface area contributed by atoms with E-state index >= 15 is 0 Å². The van der Waals surface area contributed by atoms with Gasteiger partial charge in [-0.25, -0.2) is 0 Å². The predicted molar refractivity (Wildman–Crippen MR) is 100 cm³/mol. The van der Waals surface area contributed by atoms with Crippen molar-refractivity contribution in [1.29, 1.82) is 0 Å². The summed E-state index contributed by atoms with van der Waals surface area (Å²) in [4.78, 5) is 3.59. The number of H-pyrrole nitrogens is 1. The number of fused-ring (bicyclic) bond motifs is 7. The predicted octanol–water partition coefficient (Wildman–Crippen LogP) is 6.24. The molecule has 4 aromatic carbocycles. The fourth-order valence-corrected chi connectivity index (χ4v) is 3.79. The van der Waals surface area contributed by atoms with Crippen molar-refractivity contribution in [2.24, 2.45) is 0 Å². The molecular formula is C22H17N. The van der Waals surface area contributed by atoms with Crippen LogP contribution >= 0.6 is 0 Å². The Morgan fingerprint density at radius 2 is 1.04 bits per heavy atom. The van der Waals surface area contributed by atoms with Crippen LogP contribution < -0.4 is 0 Å². The summed E-state index contributed by atoms with van der Waals surface area (Å²) >= 11 is 0. The first-order valence-corrected chi connectivity index (χ1v) is 8.05. The summed E-state index contributed by atoms with van der Waals surface area (Å²) in [5.74, 6) is 0. The van der Waals surface area contributed by atoms with E-state index in [1.54, 1.807) is 0 Å². The minimum atomic E-state index is 1.21. The molecule has 0 spiro atoms. The van der Waals surface area contributed by atoms with Gasteiger partial charge < -0.3 is 4.98 Å². The lowest BCUT2D eigenvalue weighted by molar-refractivity contribution is 1.50. The van der Waals surface area contributed by atoms with Crippen LogP contribution in [0, 0.1) is 13.8 Å². The third-order valence-electron chi connectivity index (χ3n) is 4.87. The maximum atomic E-state index is 3.59. The Balaban J connectivity index is 2.10. The minimum absolute atomic E-state index is 1.21. The van der Waals surface area contributed by atoms with Crippen LogP contribution in [-0.4, -0.2) is 4.98 Å². The highest BCUT2D eigenvalue weighted by Gasteiger charge is 2.11. The summed E-state index contributed by atoms with van der Waals surface area (Å²) in [6.45, 7) is 4.30. The molecule has 1 nitrogen and oxygen atoms in total. The normalized spacial score (nSPS) is 11.9. The number of rotatable bonds is 0. The first-order chi connectivity index (χ1) is 11.2. The Morgan fingerprint density at radius 3 is 1.52 bits per heavy atom. The van der Waals surface area contributed by atoms with Crippen LogP contribution in [0.5, 0.6) is 0 Å². The van der Waals surface area contributed by atoms with E-state index in [0.717, 1.165) is 0 Å². The van der Waals surface area contributed by atoms with E-state index in [2.05, 4.69) is 79.5 Å². The average molecular weight is 295 g/mol. The SMILES string of the molecule is Cc1ccc2c(ccc3[nH]c4ccc5cc(C)ccc5c4c32)c1. The first-order valence-electron chi connectivity index (χ1n) is 8.05. The average Bonchev–Trinajstić information content (AvgIpc) is 2.93. The first kappa shape index (κ1) is 12.7. The van der Waals surface area contributed by atoms with E-state index < -0.39 is 0 Å². The molecule has 0 radical (unpaired) electrons. The molecule has 1 N–H and O–H groups in total. The molecule has 5 aromatic rings. The van der Waals surface area contributed by atoms with Crippen LogP contribution in [0.25, 0.3) is 43.4 Å². The van der Waals surface area contributed by atoms with Crippen LogP contribution in [0.1, 0.15) is 11.1 Å². The van der Waals surface area contributed by atoms with E-state index in [-0.39, 0.29) is 0 Å². The van der Waals surface area contributed by atoms with Gasteiger partial charge in [0.25, 0.3) is 0 Å². The van der Waals surface area contributed by atoms with Crippen LogP contribution in [0.15, 0.2) is 60.7 Å². The Morgan fingerprint density at radius 1 is 0.565 bits per heavy atom. The summed E-state index contributed by atoms with van der Waals surface area (Å²) in [5, 5.41) is 7.95. The number of aryl methyl sites for hydroxylation is 2. The monoisotopic (exact) mass is 295 g/mol. The molecule has 0 fully saturated rings. The van der Waals surface area contributed by atoms with Crippen molar-refractivity contribution < 1.29 is 0 Å². The van der Waals surface area contributed by atoms with Crippen molar-refractivity contribution >= 4 is 43.4 Å². The Bertz CT molecular complexity index is 1130. The summed E-state index contributed by atoms with van der Waals surface area (Å²) in [6, 6.07) is 22.3. The molecule has 0 aliphatic rings. The van der Waals surface area contributed by atoms with Crippen molar-refractivity contribution in [3.05, 3.63) is 71.8 Å². The van der Waals surface area contributed by atoms with Crippen molar-refractivity contribution in [2.75, 3.05) is 0 Å². The summed E-state index contributed by atoms with van der Waals surface area (Å²) in [7, 11) is 0. The van der Waals surface area contributed by atoms with Crippen LogP contribution in [-0.2, 0) is 0 Å². The molecule has 0 aliphatic carbocycles. The lowest BCUT2D eigenvalue weighted by Crippen LogP contribution is -1.79. The second kappa shape index (κ2) is 4.36. The van der Waals surface area contributed by atoms with Gasteiger partial charge in [0.1, 0.15) is 0 Å². The van der Waals surface area contributed by atoms with E-state index in [9.17, 15) is 0 Å². The molecule has 0 aliphatic heterocycles. The number of aromatic nitrogens is 1. The highest BCUT2D eigenvalue weighted by atomic mass is 14.7. The smallest absolute Gasteiger partial charge is 0.0471 e. The standard InChI is InChI=1S/C22H17N/c1-13-3-7-17-15(11-13)5-9-19-21(17)22-18-8-4-14(2)12-16(18)6-10-20(22)23-19/h3-12,23H,1-2H3. The van der Waals surface area contributed by atoms with Gasteiger partial charge in [-0.05, 0) is 47.5 Å². The van der Waals surface area contributed by atoms with E-state index in [0.29, 0.717) is 0 Å². The van der Waals surface area contributed by atoms with Gasteiger partial charge in [0.2, 0.25) is 0 Å². The Hall–Kier alpha value is -2.80. The van der Waals surface area contributed by atoms with Gasteiger partial charge >= 0.3 is 0 Å². The van der Waals surface area contributed by atoms with Crippen LogP contribution in [0.3, 0.4) is 0 Å². The molecule has 0 bridgehead atoms. The van der Waals surface area contributed by atoms with Gasteiger partial charge in [-0.15, -0.1) is 0 Å². The molecule has 5 rings (SSSR count). The second-order valence-corrected chi connectivity index (χ2v) is 6.55. The third-order valence-corrected chi connectivity index (χ3v) is 4.87. The molecule has 0 atom stereocenters. The van der Waals surface area contributed by atoms with Crippen molar-refractivity contribution in [3.63, 3.8) is 0 Å². The quantitative estimate of drug-likeness (QED) is 0.348. The van der Waals surface area contributed by atoms with Gasteiger partial charge in [-0.1, -0.05) is 59.7 Å². The number of hydrogen-bond donors (Lipinski definition) is 1. The lowest BCUT2D eigenvalue weighted by atomic mass is 9.98. The fraction of sp³-hybridized carbons (Fsp3) is 0.0909. The zero-order valence-electron chi connectivity index (χ0n) is 13.3. The third kappa shape index (κ3) is 1.74. The van der Waals surface area contributed by atoms with Crippen LogP contribution in [0.4, 0.5) is 0 Å². The van der Waals surface area contributed by atoms with Crippen LogP contribution in [0.2, 0.25) is 0 Å². The molecule has 1 heteroatoms. The molecular weight excluding hydrogens is 278 g/mol. The van der Waals surface area contributed by atoms with Gasteiger partial charge in [-0.2, -0.15) is 0 Å². The van der Waals surface area contributed by atoms with Gasteiger partial charge in [0, 0.05) is 21.8 Å². The summed E-state index contributed by atoms with van der Waals surface area (Å²) < 4.78 is 0. The Kier molecular flexibility index (Phi) is 2.41. The molecule has 1 aromatic heterocycles. The molecule has 110 valence electrons. The number of hydrogen-bond acceptors (Lipinski definition) is 0. The van der Waals surface area contributed by atoms with E-state index in [1.807, 2.05) is 0 Å². The topological polar surface area (TPSA) is 15.8 Å². The van der Waals surface area contributed by atoms with E-state index in [1.165, 1.54) is 54.5 Å². The van der Waals surface area contributed by atoms with Crippen molar-refractivity contribution in [2.45, 2.75) is 13.8 Å². The highest BCUT2D eigenvalue weighted by Crippen LogP contribution is 2.36. The summed E-state index contributed by atoms with van der Waals surface area (Å²) in [5.41, 5.74) is 5.03. The molecule has 23 heavy (non-hydrogen) atoms. The van der Waals surface area contributed by atoms with E-state index in [4.69, 9.17) is 0 Å². The number of benzene rings is 4. The minimum Gasteiger partial charge on any atom is -0.354 e. The zero-order chi connectivity index (χ0) is 15.6. The van der Waals surface area contributed by atoms with Gasteiger partial charge in [-0.3, -0.25) is 0 Å². The molecule has 0 saturated heterocycles. The second-order valence-electron chi connectivity index (χ2n) is 6.55. The molecule has 0 saturated carbocycles. The Labute approximate surface area is 134 Å². The molecule has 1 heterocycles. The number of nitrogens with one attached hydrogen (secondary N) is 1. The zero-order valence-corrected chi connectivity index (χ0v) is 13.3. The van der Waals surface area contributed by atoms with Gasteiger partial charge in [0.15, 0.2) is 0 Å². The number of aromatic amines is 1. The molecule has 0 unspecified atom stereocenters. The fourth-order valence-electron chi connectivity index (χ4n) is 3.79. The largest absolute Gasteiger partial charge is 0.354 e. The van der Waals surface area contributed by atoms with Crippen molar-refractivity contribution in [1.82, 2.24) is 4.98 Å². The van der Waals surface area contributed by atoms with Crippen molar-refractivity contribution in [3.8, 4) is 0 Å². The summed E-state index contributed by atoms with van der Waals surface area (Å²) in [6.07, 6.45) is 0.